The van der Waals surface area contributed by atoms with E-state index >= 15 is 0 Å². The van der Waals surface area contributed by atoms with Gasteiger partial charge in [0.15, 0.2) is 0 Å². The Hall–Kier alpha value is -1.32. The third-order valence-electron chi connectivity index (χ3n) is 2.92. The van der Waals surface area contributed by atoms with Crippen LogP contribution in [0.5, 0.6) is 0 Å². The Morgan fingerprint density at radius 2 is 1.89 bits per heavy atom. The van der Waals surface area contributed by atoms with Gasteiger partial charge in [-0.25, -0.2) is 4.98 Å². The molecule has 4 nitrogen and oxygen atoms in total. The minimum Gasteiger partial charge on any atom is -0.367 e. The van der Waals surface area contributed by atoms with Crippen molar-refractivity contribution in [3.63, 3.8) is 0 Å². The van der Waals surface area contributed by atoms with Gasteiger partial charge in [0.2, 0.25) is 5.95 Å². The predicted molar refractivity (Wildman–Crippen MR) is 78.2 cm³/mol. The molecule has 1 aromatic heterocycles. The minimum absolute atomic E-state index is 0.443. The normalized spacial score (nSPS) is 12.2. The smallest absolute Gasteiger partial charge is 0.227 e. The second-order valence-corrected chi connectivity index (χ2v) is 4.68. The maximum Gasteiger partial charge on any atom is 0.227 e. The number of rotatable bonds is 8. The zero-order chi connectivity index (χ0) is 13.4. The highest BCUT2D eigenvalue weighted by molar-refractivity contribution is 5.41. The second-order valence-electron chi connectivity index (χ2n) is 4.68. The van der Waals surface area contributed by atoms with Gasteiger partial charge in [0, 0.05) is 25.3 Å². The molecule has 0 saturated carbocycles. The lowest BCUT2D eigenvalue weighted by Crippen LogP contribution is -2.27. The summed E-state index contributed by atoms with van der Waals surface area (Å²) in [5.74, 6) is 1.76. The van der Waals surface area contributed by atoms with E-state index in [1.54, 1.807) is 0 Å². The summed E-state index contributed by atoms with van der Waals surface area (Å²) >= 11 is 0. The van der Waals surface area contributed by atoms with Crippen molar-refractivity contribution < 1.29 is 0 Å². The number of aromatic nitrogens is 2. The molecule has 0 aromatic carbocycles. The van der Waals surface area contributed by atoms with E-state index in [2.05, 4.69) is 47.9 Å². The van der Waals surface area contributed by atoms with E-state index < -0.39 is 0 Å². The van der Waals surface area contributed by atoms with E-state index in [1.807, 2.05) is 12.3 Å². The molecule has 1 heterocycles. The Bertz CT molecular complexity index is 334. The van der Waals surface area contributed by atoms with Gasteiger partial charge in [0.1, 0.15) is 5.82 Å². The molecular weight excluding hydrogens is 224 g/mol. The molecule has 0 bridgehead atoms. The van der Waals surface area contributed by atoms with Gasteiger partial charge < -0.3 is 10.2 Å². The van der Waals surface area contributed by atoms with E-state index in [-0.39, 0.29) is 0 Å². The molecule has 0 spiro atoms. The lowest BCUT2D eigenvalue weighted by atomic mass is 10.2. The SMILES string of the molecule is CCCN(CCC)c1nccc(NC(C)CC)n1. The minimum atomic E-state index is 0.443. The fraction of sp³-hybridized carbons (Fsp3) is 0.714. The lowest BCUT2D eigenvalue weighted by molar-refractivity contribution is 0.717. The molecule has 0 aliphatic heterocycles. The predicted octanol–water partition coefficient (Wildman–Crippen LogP) is 3.31. The van der Waals surface area contributed by atoms with E-state index in [9.17, 15) is 0 Å². The Morgan fingerprint density at radius 3 is 2.44 bits per heavy atom. The Morgan fingerprint density at radius 1 is 1.22 bits per heavy atom. The van der Waals surface area contributed by atoms with Crippen LogP contribution in [-0.4, -0.2) is 29.1 Å². The summed E-state index contributed by atoms with van der Waals surface area (Å²) in [5.41, 5.74) is 0. The van der Waals surface area contributed by atoms with Gasteiger partial charge in [-0.1, -0.05) is 20.8 Å². The number of nitrogens with zero attached hydrogens (tertiary/aromatic N) is 3. The summed E-state index contributed by atoms with van der Waals surface area (Å²) in [4.78, 5) is 11.2. The molecule has 1 atom stereocenters. The van der Waals surface area contributed by atoms with Crippen LogP contribution in [0, 0.1) is 0 Å². The summed E-state index contributed by atoms with van der Waals surface area (Å²) < 4.78 is 0. The summed E-state index contributed by atoms with van der Waals surface area (Å²) in [5, 5.41) is 3.39. The number of hydrogen-bond acceptors (Lipinski definition) is 4. The van der Waals surface area contributed by atoms with Crippen molar-refractivity contribution >= 4 is 11.8 Å². The molecule has 0 radical (unpaired) electrons. The highest BCUT2D eigenvalue weighted by Crippen LogP contribution is 2.13. The first-order valence-electron chi connectivity index (χ1n) is 7.05. The van der Waals surface area contributed by atoms with Crippen LogP contribution in [0.1, 0.15) is 47.0 Å². The van der Waals surface area contributed by atoms with Crippen molar-refractivity contribution in [2.75, 3.05) is 23.3 Å². The summed E-state index contributed by atoms with van der Waals surface area (Å²) in [6.45, 7) is 10.7. The first-order chi connectivity index (χ1) is 8.71. The molecule has 1 aromatic rings. The van der Waals surface area contributed by atoms with Crippen LogP contribution in [-0.2, 0) is 0 Å². The summed E-state index contributed by atoms with van der Waals surface area (Å²) in [6.07, 6.45) is 5.16. The van der Waals surface area contributed by atoms with E-state index in [4.69, 9.17) is 0 Å². The van der Waals surface area contributed by atoms with Crippen LogP contribution in [0.4, 0.5) is 11.8 Å². The highest BCUT2D eigenvalue weighted by atomic mass is 15.3. The fourth-order valence-electron chi connectivity index (χ4n) is 1.79. The number of nitrogens with one attached hydrogen (secondary N) is 1. The van der Waals surface area contributed by atoms with Gasteiger partial charge in [-0.15, -0.1) is 0 Å². The molecule has 4 heteroatoms. The van der Waals surface area contributed by atoms with Gasteiger partial charge in [0.25, 0.3) is 0 Å². The van der Waals surface area contributed by atoms with E-state index in [0.717, 1.165) is 44.1 Å². The Labute approximate surface area is 111 Å². The van der Waals surface area contributed by atoms with Crippen molar-refractivity contribution in [2.24, 2.45) is 0 Å². The van der Waals surface area contributed by atoms with Gasteiger partial charge in [-0.3, -0.25) is 0 Å². The standard InChI is InChI=1S/C14H26N4/c1-5-10-18(11-6-2)14-15-9-8-13(17-14)16-12(4)7-3/h8-9,12H,5-7,10-11H2,1-4H3,(H,15,16,17). The molecular formula is C14H26N4. The maximum absolute atomic E-state index is 4.60. The summed E-state index contributed by atoms with van der Waals surface area (Å²) in [7, 11) is 0. The van der Waals surface area contributed by atoms with Crippen LogP contribution >= 0.6 is 0 Å². The molecule has 0 fully saturated rings. The molecule has 0 aliphatic rings. The van der Waals surface area contributed by atoms with Gasteiger partial charge in [0.05, 0.1) is 0 Å². The van der Waals surface area contributed by atoms with Crippen molar-refractivity contribution in [1.29, 1.82) is 0 Å². The Kier molecular flexibility index (Phi) is 6.47. The van der Waals surface area contributed by atoms with Crippen molar-refractivity contribution in [3.05, 3.63) is 12.3 Å². The lowest BCUT2D eigenvalue weighted by Gasteiger charge is -2.22. The van der Waals surface area contributed by atoms with Crippen LogP contribution in [0.3, 0.4) is 0 Å². The second kappa shape index (κ2) is 7.90. The van der Waals surface area contributed by atoms with Crippen molar-refractivity contribution in [1.82, 2.24) is 9.97 Å². The molecule has 0 aliphatic carbocycles. The van der Waals surface area contributed by atoms with Gasteiger partial charge in [-0.2, -0.15) is 4.98 Å². The zero-order valence-electron chi connectivity index (χ0n) is 12.1. The average molecular weight is 250 g/mol. The van der Waals surface area contributed by atoms with E-state index in [1.165, 1.54) is 0 Å². The van der Waals surface area contributed by atoms with E-state index in [0.29, 0.717) is 6.04 Å². The summed E-state index contributed by atoms with van der Waals surface area (Å²) in [6, 6.07) is 2.38. The first kappa shape index (κ1) is 14.7. The van der Waals surface area contributed by atoms with Crippen LogP contribution in [0.2, 0.25) is 0 Å². The molecule has 1 rings (SSSR count). The van der Waals surface area contributed by atoms with Gasteiger partial charge >= 0.3 is 0 Å². The topological polar surface area (TPSA) is 41.1 Å². The molecule has 1 N–H and O–H groups in total. The van der Waals surface area contributed by atoms with Crippen molar-refractivity contribution in [2.45, 2.75) is 53.0 Å². The number of hydrogen-bond donors (Lipinski definition) is 1. The van der Waals surface area contributed by atoms with Crippen LogP contribution < -0.4 is 10.2 Å². The molecule has 0 saturated heterocycles. The Balaban J connectivity index is 2.77. The monoisotopic (exact) mass is 250 g/mol. The average Bonchev–Trinajstić information content (AvgIpc) is 2.38. The van der Waals surface area contributed by atoms with Gasteiger partial charge in [-0.05, 0) is 32.3 Å². The zero-order valence-corrected chi connectivity index (χ0v) is 12.1. The maximum atomic E-state index is 4.60. The molecule has 1 unspecified atom stereocenters. The molecule has 0 amide bonds. The largest absolute Gasteiger partial charge is 0.367 e. The highest BCUT2D eigenvalue weighted by Gasteiger charge is 2.09. The molecule has 102 valence electrons. The van der Waals surface area contributed by atoms with Crippen LogP contribution in [0.15, 0.2) is 12.3 Å². The van der Waals surface area contributed by atoms with Crippen LogP contribution in [0.25, 0.3) is 0 Å². The number of anilines is 2. The third-order valence-corrected chi connectivity index (χ3v) is 2.92. The van der Waals surface area contributed by atoms with Crippen molar-refractivity contribution in [3.8, 4) is 0 Å². The quantitative estimate of drug-likeness (QED) is 0.768. The third kappa shape index (κ3) is 4.51. The molecule has 18 heavy (non-hydrogen) atoms. The first-order valence-corrected chi connectivity index (χ1v) is 7.05. The fourth-order valence-corrected chi connectivity index (χ4v) is 1.79.